The fraction of sp³-hybridized carbons (Fsp3) is 1.00. The van der Waals surface area contributed by atoms with Crippen molar-refractivity contribution >= 4 is 0 Å². The van der Waals surface area contributed by atoms with E-state index in [1.165, 1.54) is 0 Å². The first-order valence-electron chi connectivity index (χ1n) is 14.0. The van der Waals surface area contributed by atoms with Gasteiger partial charge in [0.1, 0.15) is 0 Å². The van der Waals surface area contributed by atoms with Crippen LogP contribution in [0.1, 0.15) is 90.0 Å². The van der Waals surface area contributed by atoms with Crippen LogP contribution in [0.5, 0.6) is 0 Å². The number of hydrogen-bond donors (Lipinski definition) is 0. The van der Waals surface area contributed by atoms with Crippen LogP contribution in [0.25, 0.3) is 0 Å². The molecule has 0 aromatic heterocycles. The van der Waals surface area contributed by atoms with Crippen LogP contribution in [0.15, 0.2) is 0 Å². The molecule has 4 aliphatic carbocycles. The van der Waals surface area contributed by atoms with Crippen molar-refractivity contribution in [3.8, 4) is 0 Å². The molecule has 4 saturated carbocycles. The van der Waals surface area contributed by atoms with Gasteiger partial charge in [0.05, 0.1) is 0 Å². The Balaban J connectivity index is 0.00000124. The minimum atomic E-state index is 0.886. The summed E-state index contributed by atoms with van der Waals surface area (Å²) in [5.41, 5.74) is 0. The molecular formula is C30H56. The molecule has 0 radical (unpaired) electrons. The van der Waals surface area contributed by atoms with E-state index >= 15 is 0 Å². The molecule has 4 fully saturated rings. The molecule has 0 saturated heterocycles. The third kappa shape index (κ3) is 3.19. The van der Waals surface area contributed by atoms with Crippen molar-refractivity contribution in [3.63, 3.8) is 0 Å². The first kappa shape index (κ1) is 24.6. The Morgan fingerprint density at radius 3 is 0.433 bits per heavy atom. The molecule has 0 bridgehead atoms. The van der Waals surface area contributed by atoms with Gasteiger partial charge in [0.15, 0.2) is 0 Å². The Morgan fingerprint density at radius 1 is 0.200 bits per heavy atom. The predicted octanol–water partition coefficient (Wildman–Crippen LogP) is 8.76. The summed E-state index contributed by atoms with van der Waals surface area (Å²) in [5, 5.41) is 0. The van der Waals surface area contributed by atoms with Gasteiger partial charge < -0.3 is 0 Å². The molecule has 0 aromatic carbocycles. The van der Waals surface area contributed by atoms with Crippen molar-refractivity contribution < 1.29 is 0 Å². The van der Waals surface area contributed by atoms with Crippen LogP contribution in [0.4, 0.5) is 0 Å². The summed E-state index contributed by atoms with van der Waals surface area (Å²) in [4.78, 5) is 0. The lowest BCUT2D eigenvalue weighted by Crippen LogP contribution is -2.61. The van der Waals surface area contributed by atoms with Crippen LogP contribution in [-0.2, 0) is 0 Å². The lowest BCUT2D eigenvalue weighted by Gasteiger charge is -2.66. The highest BCUT2D eigenvalue weighted by Crippen LogP contribution is 2.70. The van der Waals surface area contributed by atoms with Crippen molar-refractivity contribution in [2.45, 2.75) is 90.0 Å². The van der Waals surface area contributed by atoms with Crippen molar-refractivity contribution in [3.05, 3.63) is 0 Å². The van der Waals surface area contributed by atoms with Gasteiger partial charge in [0.25, 0.3) is 0 Å². The van der Waals surface area contributed by atoms with Crippen molar-refractivity contribution in [2.75, 3.05) is 0 Å². The zero-order chi connectivity index (χ0) is 22.8. The van der Waals surface area contributed by atoms with Gasteiger partial charge in [-0.25, -0.2) is 0 Å². The van der Waals surface area contributed by atoms with Gasteiger partial charge in [-0.1, -0.05) is 90.0 Å². The van der Waals surface area contributed by atoms with E-state index in [2.05, 4.69) is 76.2 Å². The van der Waals surface area contributed by atoms with Crippen LogP contribution in [-0.4, -0.2) is 0 Å². The highest BCUT2D eigenvalue weighted by atomic mass is 14.7. The highest BCUT2D eigenvalue weighted by Gasteiger charge is 2.65. The van der Waals surface area contributed by atoms with Gasteiger partial charge in [0.2, 0.25) is 0 Å². The maximum atomic E-state index is 2.66. The Labute approximate surface area is 190 Å². The van der Waals surface area contributed by atoms with E-state index in [1.54, 1.807) is 0 Å². The van der Waals surface area contributed by atoms with Crippen LogP contribution in [0.2, 0.25) is 0 Å². The van der Waals surface area contributed by atoms with Gasteiger partial charge >= 0.3 is 0 Å². The van der Waals surface area contributed by atoms with Gasteiger partial charge in [0, 0.05) is 0 Å². The first-order valence-corrected chi connectivity index (χ1v) is 14.0. The van der Waals surface area contributed by atoms with Crippen LogP contribution < -0.4 is 0 Å². The summed E-state index contributed by atoms with van der Waals surface area (Å²) in [5.74, 6) is 15.8. The van der Waals surface area contributed by atoms with Gasteiger partial charge in [-0.2, -0.15) is 0 Å². The fourth-order valence-electron chi connectivity index (χ4n) is 10.2. The Morgan fingerprint density at radius 2 is 0.300 bits per heavy atom. The standard InChI is InChI=1S/C28H50.C2H6/c1-12-14(3)19(8)25-23(17(12)6)24-18(7)13(2)15(4)20(9)26(24)28-22(11)16(5)21(10)27(25)28;1-2/h12-28H,1-11H3;1-2H3. The summed E-state index contributed by atoms with van der Waals surface area (Å²) in [6.07, 6.45) is 0. The zero-order valence-corrected chi connectivity index (χ0v) is 22.8. The molecule has 30 heavy (non-hydrogen) atoms. The maximum Gasteiger partial charge on any atom is -0.0318 e. The average molecular weight is 417 g/mol. The summed E-state index contributed by atoms with van der Waals surface area (Å²) >= 11 is 0. The Bertz CT molecular complexity index is 529. The summed E-state index contributed by atoms with van der Waals surface area (Å²) in [6, 6.07) is 0. The molecule has 4 rings (SSSR count). The largest absolute Gasteiger partial charge is 0.0683 e. The van der Waals surface area contributed by atoms with Gasteiger partial charge in [-0.3, -0.25) is 0 Å². The molecule has 0 spiro atoms. The Kier molecular flexibility index (Phi) is 7.18. The summed E-state index contributed by atoms with van der Waals surface area (Å²) in [6.45, 7) is 32.9. The molecule has 0 heterocycles. The SMILES string of the molecule is CC.CC1C(C)C(C)C2C(C1C)C1C(C)C(C)C(C)C(C)C1C1C(C)C(C)C(C)C21. The molecule has 0 nitrogen and oxygen atoms in total. The minimum absolute atomic E-state index is 0.886. The fourth-order valence-corrected chi connectivity index (χ4v) is 10.2. The smallest absolute Gasteiger partial charge is 0.0318 e. The highest BCUT2D eigenvalue weighted by molar-refractivity contribution is 5.13. The van der Waals surface area contributed by atoms with E-state index in [4.69, 9.17) is 0 Å². The second-order valence-electron chi connectivity index (χ2n) is 12.9. The van der Waals surface area contributed by atoms with Crippen molar-refractivity contribution in [1.29, 1.82) is 0 Å². The maximum absolute atomic E-state index is 2.66. The van der Waals surface area contributed by atoms with E-state index in [-0.39, 0.29) is 0 Å². The quantitative estimate of drug-likeness (QED) is 0.370. The normalized spacial score (nSPS) is 62.5. The lowest BCUT2D eigenvalue weighted by molar-refractivity contribution is -0.185. The van der Waals surface area contributed by atoms with E-state index in [1.807, 2.05) is 13.8 Å². The third-order valence-electron chi connectivity index (χ3n) is 12.9. The molecule has 0 N–H and O–H groups in total. The van der Waals surface area contributed by atoms with Gasteiger partial charge in [-0.05, 0) is 101 Å². The molecule has 0 aromatic rings. The molecule has 0 amide bonds. The first-order chi connectivity index (χ1) is 14.0. The van der Waals surface area contributed by atoms with E-state index in [0.717, 1.165) is 101 Å². The molecular weight excluding hydrogens is 360 g/mol. The van der Waals surface area contributed by atoms with Crippen LogP contribution >= 0.6 is 0 Å². The van der Waals surface area contributed by atoms with Gasteiger partial charge in [-0.15, -0.1) is 0 Å². The van der Waals surface area contributed by atoms with E-state index in [0.29, 0.717) is 0 Å². The molecule has 0 aliphatic heterocycles. The van der Waals surface area contributed by atoms with Crippen LogP contribution in [0, 0.1) is 101 Å². The van der Waals surface area contributed by atoms with E-state index in [9.17, 15) is 0 Å². The molecule has 16 atom stereocenters. The number of fused-ring (bicyclic) bond motifs is 6. The van der Waals surface area contributed by atoms with Crippen molar-refractivity contribution in [2.24, 2.45) is 101 Å². The third-order valence-corrected chi connectivity index (χ3v) is 12.9. The Hall–Kier alpha value is 0. The second-order valence-corrected chi connectivity index (χ2v) is 12.9. The second kappa shape index (κ2) is 8.74. The zero-order valence-electron chi connectivity index (χ0n) is 22.8. The molecule has 0 heteroatoms. The molecule has 4 aliphatic rings. The van der Waals surface area contributed by atoms with E-state index < -0.39 is 0 Å². The van der Waals surface area contributed by atoms with Crippen LogP contribution in [0.3, 0.4) is 0 Å². The topological polar surface area (TPSA) is 0 Å². The predicted molar refractivity (Wildman–Crippen MR) is 133 cm³/mol. The summed E-state index contributed by atoms with van der Waals surface area (Å²) < 4.78 is 0. The molecule has 176 valence electrons. The lowest BCUT2D eigenvalue weighted by atomic mass is 9.39. The molecule has 16 unspecified atom stereocenters. The van der Waals surface area contributed by atoms with Crippen molar-refractivity contribution in [1.82, 2.24) is 0 Å². The monoisotopic (exact) mass is 416 g/mol. The average Bonchev–Trinajstić information content (AvgIpc) is 2.97. The summed E-state index contributed by atoms with van der Waals surface area (Å²) in [7, 11) is 0. The number of hydrogen-bond acceptors (Lipinski definition) is 0. The minimum Gasteiger partial charge on any atom is -0.0683 e. The number of rotatable bonds is 0.